The van der Waals surface area contributed by atoms with Gasteiger partial charge in [-0.1, -0.05) is 12.1 Å². The number of benzene rings is 1. The summed E-state index contributed by atoms with van der Waals surface area (Å²) in [6.45, 7) is 4.42. The smallest absolute Gasteiger partial charge is 0.224 e. The highest BCUT2D eigenvalue weighted by molar-refractivity contribution is 7.98. The molecule has 0 radical (unpaired) electrons. The second-order valence-electron chi connectivity index (χ2n) is 4.32. The number of pyridine rings is 1. The van der Waals surface area contributed by atoms with Crippen molar-refractivity contribution in [1.29, 1.82) is 0 Å². The van der Waals surface area contributed by atoms with E-state index >= 15 is 0 Å². The Balaban J connectivity index is 2.43. The fourth-order valence-corrected chi connectivity index (χ4v) is 2.49. The van der Waals surface area contributed by atoms with Crippen LogP contribution in [0.25, 0.3) is 0 Å². The molecule has 0 unspecified atom stereocenters. The Labute approximate surface area is 118 Å². The van der Waals surface area contributed by atoms with Gasteiger partial charge in [-0.25, -0.2) is 4.98 Å². The standard InChI is InChI=1S/C15H18N2OS/c1-10-8-11(2)17-15(12(10)9-16)18-13-6-4-5-7-14(13)19-3/h4-8H,9,16H2,1-3H3. The number of aromatic nitrogens is 1. The molecule has 0 amide bonds. The van der Waals surface area contributed by atoms with Crippen LogP contribution in [-0.4, -0.2) is 11.2 Å². The van der Waals surface area contributed by atoms with Crippen LogP contribution in [0.15, 0.2) is 35.2 Å². The summed E-state index contributed by atoms with van der Waals surface area (Å²) in [5.74, 6) is 1.43. The molecule has 1 heterocycles. The molecule has 0 atom stereocenters. The number of thioether (sulfide) groups is 1. The molecule has 0 saturated heterocycles. The third kappa shape index (κ3) is 3.08. The first-order valence-electron chi connectivity index (χ1n) is 6.13. The molecule has 1 aromatic heterocycles. The highest BCUT2D eigenvalue weighted by Crippen LogP contribution is 2.32. The van der Waals surface area contributed by atoms with Crippen molar-refractivity contribution in [3.63, 3.8) is 0 Å². The summed E-state index contributed by atoms with van der Waals surface area (Å²) in [6, 6.07) is 9.96. The van der Waals surface area contributed by atoms with Crippen LogP contribution in [0.1, 0.15) is 16.8 Å². The highest BCUT2D eigenvalue weighted by Gasteiger charge is 2.11. The molecule has 100 valence electrons. The summed E-state index contributed by atoms with van der Waals surface area (Å²) in [5.41, 5.74) is 8.81. The predicted molar refractivity (Wildman–Crippen MR) is 79.9 cm³/mol. The highest BCUT2D eigenvalue weighted by atomic mass is 32.2. The van der Waals surface area contributed by atoms with Gasteiger partial charge in [-0.15, -0.1) is 11.8 Å². The lowest BCUT2D eigenvalue weighted by molar-refractivity contribution is 0.444. The molecule has 0 aliphatic carbocycles. The molecule has 2 aromatic rings. The molecule has 2 N–H and O–H groups in total. The zero-order valence-corrected chi connectivity index (χ0v) is 12.3. The first kappa shape index (κ1) is 13.9. The van der Waals surface area contributed by atoms with E-state index in [1.807, 2.05) is 50.4 Å². The second-order valence-corrected chi connectivity index (χ2v) is 5.17. The average molecular weight is 274 g/mol. The van der Waals surface area contributed by atoms with Gasteiger partial charge in [0.05, 0.1) is 0 Å². The molecule has 4 heteroatoms. The largest absolute Gasteiger partial charge is 0.437 e. The summed E-state index contributed by atoms with van der Waals surface area (Å²) in [5, 5.41) is 0. The third-order valence-electron chi connectivity index (χ3n) is 2.92. The van der Waals surface area contributed by atoms with Crippen LogP contribution in [-0.2, 0) is 6.54 Å². The van der Waals surface area contributed by atoms with Gasteiger partial charge in [0.15, 0.2) is 0 Å². The van der Waals surface area contributed by atoms with Crippen LogP contribution >= 0.6 is 11.8 Å². The Hall–Kier alpha value is -1.52. The van der Waals surface area contributed by atoms with E-state index in [0.29, 0.717) is 12.4 Å². The van der Waals surface area contributed by atoms with Crippen LogP contribution in [0.5, 0.6) is 11.6 Å². The number of nitrogens with zero attached hydrogens (tertiary/aromatic N) is 1. The SMILES string of the molecule is CSc1ccccc1Oc1nc(C)cc(C)c1CN. The molecule has 3 nitrogen and oxygen atoms in total. The Morgan fingerprint density at radius 2 is 2.00 bits per heavy atom. The molecule has 1 aromatic carbocycles. The monoisotopic (exact) mass is 274 g/mol. The molecule has 0 spiro atoms. The Kier molecular flexibility index (Phi) is 4.45. The summed E-state index contributed by atoms with van der Waals surface area (Å²) in [6.07, 6.45) is 2.03. The van der Waals surface area contributed by atoms with Crippen LogP contribution in [0.3, 0.4) is 0 Å². The van der Waals surface area contributed by atoms with Crippen molar-refractivity contribution in [1.82, 2.24) is 4.98 Å². The Bertz CT molecular complexity index is 584. The van der Waals surface area contributed by atoms with Gasteiger partial charge in [0.1, 0.15) is 5.75 Å². The summed E-state index contributed by atoms with van der Waals surface area (Å²) >= 11 is 1.65. The summed E-state index contributed by atoms with van der Waals surface area (Å²) in [4.78, 5) is 5.55. The lowest BCUT2D eigenvalue weighted by atomic mass is 10.1. The lowest BCUT2D eigenvalue weighted by Crippen LogP contribution is -2.05. The number of ether oxygens (including phenoxy) is 1. The fraction of sp³-hybridized carbons (Fsp3) is 0.267. The Morgan fingerprint density at radius 3 is 2.68 bits per heavy atom. The zero-order chi connectivity index (χ0) is 13.8. The zero-order valence-electron chi connectivity index (χ0n) is 11.4. The van der Waals surface area contributed by atoms with Gasteiger partial charge in [0, 0.05) is 22.7 Å². The van der Waals surface area contributed by atoms with Crippen molar-refractivity contribution in [3.05, 3.63) is 47.2 Å². The maximum Gasteiger partial charge on any atom is 0.224 e. The van der Waals surface area contributed by atoms with E-state index in [4.69, 9.17) is 10.5 Å². The minimum atomic E-state index is 0.426. The first-order valence-corrected chi connectivity index (χ1v) is 7.36. The van der Waals surface area contributed by atoms with Gasteiger partial charge < -0.3 is 10.5 Å². The van der Waals surface area contributed by atoms with E-state index in [1.165, 1.54) is 0 Å². The lowest BCUT2D eigenvalue weighted by Gasteiger charge is -2.14. The van der Waals surface area contributed by atoms with Crippen LogP contribution in [0, 0.1) is 13.8 Å². The van der Waals surface area contributed by atoms with Gasteiger partial charge >= 0.3 is 0 Å². The van der Waals surface area contributed by atoms with Crippen molar-refractivity contribution in [2.75, 3.05) is 6.26 Å². The van der Waals surface area contributed by atoms with E-state index < -0.39 is 0 Å². The quantitative estimate of drug-likeness (QED) is 0.864. The molecule has 0 aliphatic rings. The van der Waals surface area contributed by atoms with Crippen molar-refractivity contribution < 1.29 is 4.74 Å². The number of hydrogen-bond donors (Lipinski definition) is 1. The van der Waals surface area contributed by atoms with Gasteiger partial charge in [-0.05, 0) is 43.9 Å². The normalized spacial score (nSPS) is 10.5. The van der Waals surface area contributed by atoms with Gasteiger partial charge in [0.25, 0.3) is 0 Å². The van der Waals surface area contributed by atoms with Gasteiger partial charge in [0.2, 0.25) is 5.88 Å². The van der Waals surface area contributed by atoms with Crippen molar-refractivity contribution in [2.24, 2.45) is 5.73 Å². The van der Waals surface area contributed by atoms with Crippen LogP contribution in [0.4, 0.5) is 0 Å². The molecular formula is C15H18N2OS. The molecule has 0 saturated carbocycles. The topological polar surface area (TPSA) is 48.1 Å². The number of aryl methyl sites for hydroxylation is 2. The average Bonchev–Trinajstić information content (AvgIpc) is 2.39. The maximum absolute atomic E-state index is 5.97. The number of nitrogens with two attached hydrogens (primary N) is 1. The molecule has 2 rings (SSSR count). The van der Waals surface area contributed by atoms with Crippen LogP contribution in [0.2, 0.25) is 0 Å². The number of rotatable bonds is 4. The third-order valence-corrected chi connectivity index (χ3v) is 3.69. The number of hydrogen-bond acceptors (Lipinski definition) is 4. The fourth-order valence-electron chi connectivity index (χ4n) is 1.97. The molecule has 0 aliphatic heterocycles. The van der Waals surface area contributed by atoms with E-state index in [2.05, 4.69) is 4.98 Å². The van der Waals surface area contributed by atoms with Crippen LogP contribution < -0.4 is 10.5 Å². The minimum absolute atomic E-state index is 0.426. The van der Waals surface area contributed by atoms with E-state index in [-0.39, 0.29) is 0 Å². The maximum atomic E-state index is 5.97. The molecular weight excluding hydrogens is 256 g/mol. The van der Waals surface area contributed by atoms with Crippen molar-refractivity contribution in [3.8, 4) is 11.6 Å². The molecule has 19 heavy (non-hydrogen) atoms. The summed E-state index contributed by atoms with van der Waals surface area (Å²) < 4.78 is 5.97. The van der Waals surface area contributed by atoms with E-state index in [9.17, 15) is 0 Å². The molecule has 0 bridgehead atoms. The minimum Gasteiger partial charge on any atom is -0.437 e. The number of para-hydroxylation sites is 1. The van der Waals surface area contributed by atoms with Gasteiger partial charge in [-0.2, -0.15) is 0 Å². The van der Waals surface area contributed by atoms with E-state index in [0.717, 1.165) is 27.5 Å². The van der Waals surface area contributed by atoms with E-state index in [1.54, 1.807) is 11.8 Å². The first-order chi connectivity index (χ1) is 9.15. The van der Waals surface area contributed by atoms with Crippen molar-refractivity contribution >= 4 is 11.8 Å². The predicted octanol–water partition coefficient (Wildman–Crippen LogP) is 3.67. The summed E-state index contributed by atoms with van der Waals surface area (Å²) in [7, 11) is 0. The second kappa shape index (κ2) is 6.08. The Morgan fingerprint density at radius 1 is 1.26 bits per heavy atom. The van der Waals surface area contributed by atoms with Crippen molar-refractivity contribution in [2.45, 2.75) is 25.3 Å². The molecule has 0 fully saturated rings. The van der Waals surface area contributed by atoms with Gasteiger partial charge in [-0.3, -0.25) is 0 Å².